The average molecular weight is 561 g/mol. The fourth-order valence-electron chi connectivity index (χ4n) is 3.85. The smallest absolute Gasteiger partial charge is 0.322 e. The third-order valence-corrected chi connectivity index (χ3v) is 6.63. The summed E-state index contributed by atoms with van der Waals surface area (Å²) in [5, 5.41) is 11.3. The number of hydrogen-bond acceptors (Lipinski definition) is 4. The van der Waals surface area contributed by atoms with Gasteiger partial charge in [-0.2, -0.15) is 5.10 Å². The molecule has 3 rings (SSSR count). The summed E-state index contributed by atoms with van der Waals surface area (Å²) < 4.78 is 6.88. The van der Waals surface area contributed by atoms with Crippen molar-refractivity contribution in [2.75, 3.05) is 37.4 Å². The van der Waals surface area contributed by atoms with E-state index >= 15 is 0 Å². The zero-order valence-corrected chi connectivity index (χ0v) is 24.2. The standard InChI is InChI=1S/C28H35Cl2N5O3/c1-18-8-11-23(19(2)14-18)35-25(16-24(33-35)28(3,4)5)32-26(36)17-34(12-7-13-38-6)27(37)31-20-9-10-21(29)22(30)15-20/h8-11,14-16H,7,12-13,17H2,1-6H3,(H,31,37)(H,32,36). The molecule has 1 aromatic heterocycles. The van der Waals surface area contributed by atoms with Crippen LogP contribution in [0.5, 0.6) is 0 Å². The molecule has 3 amide bonds. The summed E-state index contributed by atoms with van der Waals surface area (Å²) in [7, 11) is 1.59. The van der Waals surface area contributed by atoms with Crippen LogP contribution in [0.2, 0.25) is 10.0 Å². The third kappa shape index (κ3) is 7.72. The van der Waals surface area contributed by atoms with Crippen LogP contribution in [0, 0.1) is 13.8 Å². The van der Waals surface area contributed by atoms with E-state index < -0.39 is 6.03 Å². The minimum atomic E-state index is -0.437. The van der Waals surface area contributed by atoms with Crippen LogP contribution in [0.25, 0.3) is 5.69 Å². The van der Waals surface area contributed by atoms with Gasteiger partial charge in [0.1, 0.15) is 12.4 Å². The second kappa shape index (κ2) is 12.7. The molecule has 0 aliphatic rings. The number of urea groups is 1. The summed E-state index contributed by atoms with van der Waals surface area (Å²) in [4.78, 5) is 27.8. The molecule has 0 saturated heterocycles. The zero-order chi connectivity index (χ0) is 28.0. The van der Waals surface area contributed by atoms with Gasteiger partial charge in [-0.15, -0.1) is 0 Å². The lowest BCUT2D eigenvalue weighted by molar-refractivity contribution is -0.116. The van der Waals surface area contributed by atoms with Gasteiger partial charge in [0.05, 0.1) is 21.4 Å². The minimum absolute atomic E-state index is 0.167. The Kier molecular flexibility index (Phi) is 9.82. The normalized spacial score (nSPS) is 11.4. The average Bonchev–Trinajstić information content (AvgIpc) is 3.24. The molecule has 0 atom stereocenters. The molecule has 10 heteroatoms. The zero-order valence-electron chi connectivity index (χ0n) is 22.7. The second-order valence-electron chi connectivity index (χ2n) is 10.2. The van der Waals surface area contributed by atoms with E-state index in [0.717, 1.165) is 22.5 Å². The van der Waals surface area contributed by atoms with Crippen molar-refractivity contribution in [3.63, 3.8) is 0 Å². The van der Waals surface area contributed by atoms with Gasteiger partial charge < -0.3 is 20.3 Å². The summed E-state index contributed by atoms with van der Waals surface area (Å²) in [6.07, 6.45) is 0.563. The maximum Gasteiger partial charge on any atom is 0.322 e. The summed E-state index contributed by atoms with van der Waals surface area (Å²) in [5.41, 5.74) is 4.13. The number of rotatable bonds is 9. The molecule has 0 aliphatic carbocycles. The van der Waals surface area contributed by atoms with Gasteiger partial charge in [0.2, 0.25) is 5.91 Å². The van der Waals surface area contributed by atoms with Crippen LogP contribution < -0.4 is 10.6 Å². The number of benzene rings is 2. The van der Waals surface area contributed by atoms with Crippen LogP contribution in [-0.2, 0) is 14.9 Å². The lowest BCUT2D eigenvalue weighted by Gasteiger charge is -2.23. The van der Waals surface area contributed by atoms with Gasteiger partial charge in [0.15, 0.2) is 0 Å². The highest BCUT2D eigenvalue weighted by atomic mass is 35.5. The summed E-state index contributed by atoms with van der Waals surface area (Å²) in [5.74, 6) is 0.187. The number of nitrogens with zero attached hydrogens (tertiary/aromatic N) is 3. The third-order valence-electron chi connectivity index (χ3n) is 5.89. The maximum absolute atomic E-state index is 13.2. The fraction of sp³-hybridized carbons (Fsp3) is 0.393. The first-order chi connectivity index (χ1) is 17.9. The van der Waals surface area contributed by atoms with E-state index in [4.69, 9.17) is 33.0 Å². The molecular formula is C28H35Cl2N5O3. The summed E-state index contributed by atoms with van der Waals surface area (Å²) in [6.45, 7) is 10.8. The molecular weight excluding hydrogens is 525 g/mol. The number of nitrogens with one attached hydrogen (secondary N) is 2. The quantitative estimate of drug-likeness (QED) is 0.289. The van der Waals surface area contributed by atoms with E-state index in [0.29, 0.717) is 41.1 Å². The van der Waals surface area contributed by atoms with Crippen molar-refractivity contribution in [1.82, 2.24) is 14.7 Å². The van der Waals surface area contributed by atoms with Gasteiger partial charge in [-0.05, 0) is 50.1 Å². The van der Waals surface area contributed by atoms with Crippen LogP contribution in [0.15, 0.2) is 42.5 Å². The van der Waals surface area contributed by atoms with Crippen molar-refractivity contribution in [3.8, 4) is 5.69 Å². The molecule has 2 aromatic carbocycles. The highest BCUT2D eigenvalue weighted by Crippen LogP contribution is 2.28. The Morgan fingerprint density at radius 1 is 1.03 bits per heavy atom. The van der Waals surface area contributed by atoms with E-state index in [-0.39, 0.29) is 17.9 Å². The van der Waals surface area contributed by atoms with Gasteiger partial charge in [-0.3, -0.25) is 4.79 Å². The van der Waals surface area contributed by atoms with Crippen LogP contribution in [0.3, 0.4) is 0 Å². The monoisotopic (exact) mass is 559 g/mol. The predicted molar refractivity (Wildman–Crippen MR) is 154 cm³/mol. The second-order valence-corrected chi connectivity index (χ2v) is 11.1. The van der Waals surface area contributed by atoms with Crippen LogP contribution in [0.1, 0.15) is 44.0 Å². The lowest BCUT2D eigenvalue weighted by Crippen LogP contribution is -2.41. The van der Waals surface area contributed by atoms with E-state index in [1.54, 1.807) is 30.0 Å². The molecule has 0 unspecified atom stereocenters. The molecule has 0 aliphatic heterocycles. The van der Waals surface area contributed by atoms with Gasteiger partial charge in [-0.25, -0.2) is 9.48 Å². The maximum atomic E-state index is 13.2. The largest absolute Gasteiger partial charge is 0.385 e. The highest BCUT2D eigenvalue weighted by Gasteiger charge is 2.24. The molecule has 0 bridgehead atoms. The number of ether oxygens (including phenoxy) is 1. The first-order valence-corrected chi connectivity index (χ1v) is 13.1. The number of hydrogen-bond donors (Lipinski definition) is 2. The molecule has 38 heavy (non-hydrogen) atoms. The SMILES string of the molecule is COCCCN(CC(=O)Nc1cc(C(C)(C)C)nn1-c1ccc(C)cc1C)C(=O)Nc1ccc(Cl)c(Cl)c1. The Balaban J connectivity index is 1.84. The minimum Gasteiger partial charge on any atom is -0.385 e. The van der Waals surface area contributed by atoms with Crippen LogP contribution in [0.4, 0.5) is 16.3 Å². The molecule has 204 valence electrons. The molecule has 0 saturated carbocycles. The van der Waals surface area contributed by atoms with Crippen molar-refractivity contribution in [2.45, 2.75) is 46.5 Å². The number of carbonyl (C=O) groups is 2. The number of amides is 3. The van der Waals surface area contributed by atoms with Crippen molar-refractivity contribution >= 4 is 46.6 Å². The Bertz CT molecular complexity index is 1300. The molecule has 8 nitrogen and oxygen atoms in total. The van der Waals surface area contributed by atoms with Gasteiger partial charge in [-0.1, -0.05) is 61.7 Å². The van der Waals surface area contributed by atoms with Crippen molar-refractivity contribution in [3.05, 3.63) is 69.3 Å². The van der Waals surface area contributed by atoms with Crippen molar-refractivity contribution in [2.24, 2.45) is 0 Å². The van der Waals surface area contributed by atoms with Crippen molar-refractivity contribution < 1.29 is 14.3 Å². The van der Waals surface area contributed by atoms with E-state index in [1.165, 1.54) is 4.90 Å². The fourth-order valence-corrected chi connectivity index (χ4v) is 4.15. The number of anilines is 2. The molecule has 3 aromatic rings. The topological polar surface area (TPSA) is 88.5 Å². The number of halogens is 2. The summed E-state index contributed by atoms with van der Waals surface area (Å²) in [6, 6.07) is 12.3. The molecule has 1 heterocycles. The summed E-state index contributed by atoms with van der Waals surface area (Å²) >= 11 is 12.1. The Morgan fingerprint density at radius 2 is 1.76 bits per heavy atom. The van der Waals surface area contributed by atoms with E-state index in [1.807, 2.05) is 32.0 Å². The van der Waals surface area contributed by atoms with Crippen LogP contribution in [-0.4, -0.2) is 53.4 Å². The van der Waals surface area contributed by atoms with Gasteiger partial charge in [0.25, 0.3) is 0 Å². The van der Waals surface area contributed by atoms with Gasteiger partial charge >= 0.3 is 6.03 Å². The molecule has 2 N–H and O–H groups in total. The van der Waals surface area contributed by atoms with Crippen LogP contribution >= 0.6 is 23.2 Å². The number of aryl methyl sites for hydroxylation is 2. The van der Waals surface area contributed by atoms with E-state index in [2.05, 4.69) is 37.5 Å². The Morgan fingerprint density at radius 3 is 2.39 bits per heavy atom. The molecule has 0 spiro atoms. The molecule has 0 fully saturated rings. The Labute approximate surface area is 234 Å². The molecule has 0 radical (unpaired) electrons. The number of carbonyl (C=O) groups excluding carboxylic acids is 2. The van der Waals surface area contributed by atoms with E-state index in [9.17, 15) is 9.59 Å². The first kappa shape index (κ1) is 29.5. The number of aromatic nitrogens is 2. The lowest BCUT2D eigenvalue weighted by atomic mass is 9.92. The van der Waals surface area contributed by atoms with Crippen molar-refractivity contribution in [1.29, 1.82) is 0 Å². The first-order valence-electron chi connectivity index (χ1n) is 12.4. The predicted octanol–water partition coefficient (Wildman–Crippen LogP) is 6.60. The van der Waals surface area contributed by atoms with Gasteiger partial charge in [0, 0.05) is 37.4 Å². The highest BCUT2D eigenvalue weighted by molar-refractivity contribution is 6.42. The number of methoxy groups -OCH3 is 1. The Hall–Kier alpha value is -3.07.